The van der Waals surface area contributed by atoms with Crippen molar-refractivity contribution in [1.29, 1.82) is 0 Å². The second-order valence-corrected chi connectivity index (χ2v) is 8.46. The van der Waals surface area contributed by atoms with Gasteiger partial charge in [-0.05, 0) is 30.9 Å². The van der Waals surface area contributed by atoms with Gasteiger partial charge in [0.25, 0.3) is 15.9 Å². The van der Waals surface area contributed by atoms with Gasteiger partial charge >= 0.3 is 6.09 Å². The molecule has 1 aromatic rings. The number of sulfonamides is 1. The standard InChI is InChI=1S/C18H24N4O5S/c1-27-18(24)21-14(12-7-3-2-4-8-12)11-19-17(23)16-20-13-9-5-6-10-15(13)28(25,26)22-16/h5-6,9-10,12,14H,2-4,7-8,11H2,1H3,(H,19,23)(H,20,22)(H,21,24). The maximum atomic E-state index is 12.5. The highest BCUT2D eigenvalue weighted by atomic mass is 32.2. The van der Waals surface area contributed by atoms with Gasteiger partial charge in [0.1, 0.15) is 4.90 Å². The van der Waals surface area contributed by atoms with E-state index in [4.69, 9.17) is 0 Å². The molecule has 1 aromatic carbocycles. The largest absolute Gasteiger partial charge is 0.453 e. The van der Waals surface area contributed by atoms with Crippen LogP contribution < -0.4 is 16.0 Å². The van der Waals surface area contributed by atoms with Crippen molar-refractivity contribution in [3.05, 3.63) is 24.3 Å². The predicted molar refractivity (Wildman–Crippen MR) is 104 cm³/mol. The average molecular weight is 408 g/mol. The Morgan fingerprint density at radius 2 is 1.96 bits per heavy atom. The molecule has 9 nitrogen and oxygen atoms in total. The SMILES string of the molecule is COC(=O)NC(CNC(=O)C1=NS(=O)(=O)c2ccccc2N1)C1CCCCC1. The second kappa shape index (κ2) is 8.59. The number of fused-ring (bicyclic) bond motifs is 1. The molecule has 1 heterocycles. The number of rotatable bonds is 5. The monoisotopic (exact) mass is 408 g/mol. The summed E-state index contributed by atoms with van der Waals surface area (Å²) in [7, 11) is -2.66. The van der Waals surface area contributed by atoms with E-state index in [-0.39, 0.29) is 29.2 Å². The van der Waals surface area contributed by atoms with E-state index in [0.717, 1.165) is 32.1 Å². The minimum absolute atomic E-state index is 0.0268. The number of amides is 2. The van der Waals surface area contributed by atoms with E-state index in [0.29, 0.717) is 5.69 Å². The van der Waals surface area contributed by atoms with Gasteiger partial charge in [0.15, 0.2) is 0 Å². The first-order chi connectivity index (χ1) is 13.4. The number of alkyl carbamates (subject to hydrolysis) is 1. The number of nitrogens with one attached hydrogen (secondary N) is 3. The summed E-state index contributed by atoms with van der Waals surface area (Å²) in [6, 6.07) is 5.95. The topological polar surface area (TPSA) is 126 Å². The van der Waals surface area contributed by atoms with E-state index in [9.17, 15) is 18.0 Å². The first kappa shape index (κ1) is 20.1. The second-order valence-electron chi connectivity index (χ2n) is 6.89. The van der Waals surface area contributed by atoms with E-state index < -0.39 is 22.0 Å². The van der Waals surface area contributed by atoms with Gasteiger partial charge in [-0.2, -0.15) is 8.42 Å². The van der Waals surface area contributed by atoms with Crippen LogP contribution in [0.15, 0.2) is 33.6 Å². The Balaban J connectivity index is 1.69. The van der Waals surface area contributed by atoms with Crippen LogP contribution in [-0.2, 0) is 19.6 Å². The van der Waals surface area contributed by atoms with Crippen LogP contribution >= 0.6 is 0 Å². The van der Waals surface area contributed by atoms with Gasteiger partial charge in [0.2, 0.25) is 5.84 Å². The van der Waals surface area contributed by atoms with Crippen molar-refractivity contribution in [3.63, 3.8) is 0 Å². The molecule has 1 saturated carbocycles. The minimum atomic E-state index is -3.94. The molecule has 152 valence electrons. The Morgan fingerprint density at radius 1 is 1.25 bits per heavy atom. The number of hydrogen-bond donors (Lipinski definition) is 3. The lowest BCUT2D eigenvalue weighted by atomic mass is 9.84. The summed E-state index contributed by atoms with van der Waals surface area (Å²) < 4.78 is 32.8. The van der Waals surface area contributed by atoms with Crippen molar-refractivity contribution in [1.82, 2.24) is 10.6 Å². The molecule has 2 aliphatic rings. The van der Waals surface area contributed by atoms with Crippen LogP contribution in [0.25, 0.3) is 0 Å². The number of hydrogen-bond acceptors (Lipinski definition) is 6. The molecule has 0 aromatic heterocycles. The number of ether oxygens (including phenoxy) is 1. The fraction of sp³-hybridized carbons (Fsp3) is 0.500. The number of carbonyl (C=O) groups excluding carboxylic acids is 2. The zero-order valence-corrected chi connectivity index (χ0v) is 16.4. The molecule has 3 rings (SSSR count). The number of amidine groups is 1. The van der Waals surface area contributed by atoms with Crippen molar-refractivity contribution in [2.75, 3.05) is 19.0 Å². The quantitative estimate of drug-likeness (QED) is 0.680. The molecular weight excluding hydrogens is 384 g/mol. The maximum absolute atomic E-state index is 12.5. The fourth-order valence-electron chi connectivity index (χ4n) is 3.58. The zero-order chi connectivity index (χ0) is 20.1. The average Bonchev–Trinajstić information content (AvgIpc) is 2.70. The molecule has 1 unspecified atom stereocenters. The highest BCUT2D eigenvalue weighted by Crippen LogP contribution is 2.27. The third-order valence-electron chi connectivity index (χ3n) is 5.03. The predicted octanol–water partition coefficient (Wildman–Crippen LogP) is 1.62. The molecule has 0 saturated heterocycles. The maximum Gasteiger partial charge on any atom is 0.407 e. The van der Waals surface area contributed by atoms with Crippen LogP contribution in [-0.4, -0.2) is 46.0 Å². The Hall–Kier alpha value is -2.62. The van der Waals surface area contributed by atoms with Crippen molar-refractivity contribution in [2.24, 2.45) is 10.3 Å². The van der Waals surface area contributed by atoms with Crippen LogP contribution in [0.3, 0.4) is 0 Å². The lowest BCUT2D eigenvalue weighted by Gasteiger charge is -2.30. The first-order valence-corrected chi connectivity index (χ1v) is 10.7. The highest BCUT2D eigenvalue weighted by Gasteiger charge is 2.30. The van der Waals surface area contributed by atoms with Gasteiger partial charge in [-0.1, -0.05) is 31.4 Å². The number of nitrogens with zero attached hydrogens (tertiary/aromatic N) is 1. The number of para-hydroxylation sites is 1. The molecule has 2 amide bonds. The molecule has 3 N–H and O–H groups in total. The Labute approximate surface area is 164 Å². The highest BCUT2D eigenvalue weighted by molar-refractivity contribution is 7.90. The Morgan fingerprint density at radius 3 is 2.68 bits per heavy atom. The molecule has 1 aliphatic carbocycles. The fourth-order valence-corrected chi connectivity index (χ4v) is 4.70. The third kappa shape index (κ3) is 4.61. The Kier molecular flexibility index (Phi) is 6.18. The Bertz CT molecular complexity index is 878. The van der Waals surface area contributed by atoms with E-state index >= 15 is 0 Å². The van der Waals surface area contributed by atoms with Crippen molar-refractivity contribution in [3.8, 4) is 0 Å². The van der Waals surface area contributed by atoms with Crippen LogP contribution in [0.1, 0.15) is 32.1 Å². The molecule has 0 bridgehead atoms. The first-order valence-electron chi connectivity index (χ1n) is 9.24. The number of benzene rings is 1. The summed E-state index contributed by atoms with van der Waals surface area (Å²) in [5.74, 6) is -0.719. The molecule has 1 atom stereocenters. The van der Waals surface area contributed by atoms with Gasteiger partial charge < -0.3 is 20.7 Å². The van der Waals surface area contributed by atoms with Gasteiger partial charge in [-0.3, -0.25) is 4.79 Å². The van der Waals surface area contributed by atoms with Gasteiger partial charge in [0, 0.05) is 6.54 Å². The minimum Gasteiger partial charge on any atom is -0.453 e. The lowest BCUT2D eigenvalue weighted by molar-refractivity contribution is -0.115. The lowest BCUT2D eigenvalue weighted by Crippen LogP contribution is -2.50. The zero-order valence-electron chi connectivity index (χ0n) is 15.6. The molecular formula is C18H24N4O5S. The molecule has 0 spiro atoms. The smallest absolute Gasteiger partial charge is 0.407 e. The summed E-state index contributed by atoms with van der Waals surface area (Å²) >= 11 is 0. The van der Waals surface area contributed by atoms with Gasteiger partial charge in [-0.25, -0.2) is 4.79 Å². The summed E-state index contributed by atoms with van der Waals surface area (Å²) in [6.45, 7) is 0.154. The van der Waals surface area contributed by atoms with Crippen LogP contribution in [0.5, 0.6) is 0 Å². The number of carbonyl (C=O) groups is 2. The molecule has 1 fully saturated rings. The number of anilines is 1. The van der Waals surface area contributed by atoms with E-state index in [2.05, 4.69) is 25.1 Å². The molecule has 1 aliphatic heterocycles. The van der Waals surface area contributed by atoms with E-state index in [1.54, 1.807) is 18.2 Å². The van der Waals surface area contributed by atoms with Crippen LogP contribution in [0.4, 0.5) is 10.5 Å². The van der Waals surface area contributed by atoms with Crippen molar-refractivity contribution >= 4 is 33.5 Å². The molecule has 28 heavy (non-hydrogen) atoms. The van der Waals surface area contributed by atoms with Gasteiger partial charge in [0.05, 0.1) is 18.8 Å². The van der Waals surface area contributed by atoms with Gasteiger partial charge in [-0.15, -0.1) is 4.40 Å². The van der Waals surface area contributed by atoms with Crippen molar-refractivity contribution < 1.29 is 22.7 Å². The van der Waals surface area contributed by atoms with Crippen LogP contribution in [0, 0.1) is 5.92 Å². The summed E-state index contributed by atoms with van der Waals surface area (Å²) in [5.41, 5.74) is 0.305. The summed E-state index contributed by atoms with van der Waals surface area (Å²) in [6.07, 6.45) is 4.64. The number of methoxy groups -OCH3 is 1. The van der Waals surface area contributed by atoms with E-state index in [1.807, 2.05) is 0 Å². The normalized spacial score (nSPS) is 19.4. The van der Waals surface area contributed by atoms with Crippen molar-refractivity contribution in [2.45, 2.75) is 43.0 Å². The van der Waals surface area contributed by atoms with Crippen LogP contribution in [0.2, 0.25) is 0 Å². The summed E-state index contributed by atoms with van der Waals surface area (Å²) in [5, 5.41) is 8.21. The van der Waals surface area contributed by atoms with E-state index in [1.165, 1.54) is 13.2 Å². The molecule has 0 radical (unpaired) electrons. The third-order valence-corrected chi connectivity index (χ3v) is 6.37. The molecule has 10 heteroatoms. The summed E-state index contributed by atoms with van der Waals surface area (Å²) in [4.78, 5) is 24.2.